The highest BCUT2D eigenvalue weighted by Gasteiger charge is 2.18. The minimum Gasteiger partial charge on any atom is -0.486 e. The summed E-state index contributed by atoms with van der Waals surface area (Å²) in [6.45, 7) is 0.942. The van der Waals surface area contributed by atoms with Crippen LogP contribution in [-0.2, 0) is 11.3 Å². The largest absolute Gasteiger partial charge is 0.486 e. The van der Waals surface area contributed by atoms with Crippen LogP contribution in [0.2, 0.25) is 15.1 Å². The van der Waals surface area contributed by atoms with E-state index in [1.807, 2.05) is 0 Å². The Kier molecular flexibility index (Phi) is 4.85. The number of ether oxygens (including phenoxy) is 3. The summed E-state index contributed by atoms with van der Waals surface area (Å²) in [7, 11) is 0. The van der Waals surface area contributed by atoms with E-state index in [2.05, 4.69) is 0 Å². The van der Waals surface area contributed by atoms with E-state index in [1.165, 1.54) is 12.1 Å². The minimum atomic E-state index is -0.544. The second-order valence-corrected chi connectivity index (χ2v) is 6.05. The first-order chi connectivity index (χ1) is 11.0. The Morgan fingerprint density at radius 2 is 1.83 bits per heavy atom. The Morgan fingerprint density at radius 3 is 2.61 bits per heavy atom. The molecule has 0 fully saturated rings. The second-order valence-electron chi connectivity index (χ2n) is 4.80. The number of rotatable bonds is 3. The highest BCUT2D eigenvalue weighted by atomic mass is 35.5. The standard InChI is InChI=1S/C16H11Cl3O4/c17-10-1-2-11(12(18)7-10)16(20)23-8-9-5-13(19)15-14(6-9)21-3-4-22-15/h1-2,5-7H,3-4,8H2. The highest BCUT2D eigenvalue weighted by molar-refractivity contribution is 6.36. The van der Waals surface area contributed by atoms with Gasteiger partial charge in [-0.25, -0.2) is 4.79 Å². The number of hydrogen-bond donors (Lipinski definition) is 0. The first kappa shape index (κ1) is 16.2. The molecule has 0 saturated heterocycles. The van der Waals surface area contributed by atoms with Gasteiger partial charge in [0, 0.05) is 5.02 Å². The molecule has 0 saturated carbocycles. The molecule has 1 aliphatic rings. The zero-order valence-electron chi connectivity index (χ0n) is 11.8. The van der Waals surface area contributed by atoms with Gasteiger partial charge < -0.3 is 14.2 Å². The Balaban J connectivity index is 1.73. The van der Waals surface area contributed by atoms with Gasteiger partial charge in [-0.1, -0.05) is 34.8 Å². The zero-order valence-corrected chi connectivity index (χ0v) is 14.0. The van der Waals surface area contributed by atoms with E-state index in [9.17, 15) is 4.79 Å². The van der Waals surface area contributed by atoms with Crippen molar-refractivity contribution in [2.75, 3.05) is 13.2 Å². The van der Waals surface area contributed by atoms with E-state index in [-0.39, 0.29) is 17.2 Å². The molecule has 0 bridgehead atoms. The molecule has 0 amide bonds. The van der Waals surface area contributed by atoms with E-state index in [0.717, 1.165) is 0 Å². The summed E-state index contributed by atoms with van der Waals surface area (Å²) in [6.07, 6.45) is 0. The van der Waals surface area contributed by atoms with Gasteiger partial charge in [0.2, 0.25) is 0 Å². The summed E-state index contributed by atoms with van der Waals surface area (Å²) < 4.78 is 16.2. The zero-order chi connectivity index (χ0) is 16.4. The van der Waals surface area contributed by atoms with Crippen LogP contribution >= 0.6 is 34.8 Å². The Labute approximate surface area is 147 Å². The Bertz CT molecular complexity index is 761. The third kappa shape index (κ3) is 3.66. The molecular formula is C16H11Cl3O4. The van der Waals surface area contributed by atoms with E-state index < -0.39 is 5.97 Å². The monoisotopic (exact) mass is 372 g/mol. The topological polar surface area (TPSA) is 44.8 Å². The molecule has 0 radical (unpaired) electrons. The molecule has 0 spiro atoms. The van der Waals surface area contributed by atoms with Crippen molar-refractivity contribution in [2.45, 2.75) is 6.61 Å². The van der Waals surface area contributed by atoms with Gasteiger partial charge in [0.1, 0.15) is 19.8 Å². The molecule has 1 heterocycles. The summed E-state index contributed by atoms with van der Waals surface area (Å²) in [5.74, 6) is 0.505. The van der Waals surface area contributed by atoms with Crippen LogP contribution in [0.1, 0.15) is 15.9 Å². The lowest BCUT2D eigenvalue weighted by molar-refractivity contribution is 0.0472. The molecule has 7 heteroatoms. The maximum atomic E-state index is 12.1. The van der Waals surface area contributed by atoms with Gasteiger partial charge in [0.05, 0.1) is 15.6 Å². The Morgan fingerprint density at radius 1 is 1.04 bits per heavy atom. The number of fused-ring (bicyclic) bond motifs is 1. The number of benzene rings is 2. The summed E-state index contributed by atoms with van der Waals surface area (Å²) in [6, 6.07) is 7.98. The SMILES string of the molecule is O=C(OCc1cc(Cl)c2c(c1)OCCO2)c1ccc(Cl)cc1Cl. The molecule has 0 N–H and O–H groups in total. The molecule has 0 unspecified atom stereocenters. The minimum absolute atomic E-state index is 0.0359. The fourth-order valence-electron chi connectivity index (χ4n) is 2.13. The van der Waals surface area contributed by atoms with Crippen LogP contribution in [-0.4, -0.2) is 19.2 Å². The first-order valence-electron chi connectivity index (χ1n) is 6.75. The van der Waals surface area contributed by atoms with Crippen molar-refractivity contribution in [1.82, 2.24) is 0 Å². The molecule has 2 aromatic carbocycles. The van der Waals surface area contributed by atoms with Crippen LogP contribution in [0.25, 0.3) is 0 Å². The smallest absolute Gasteiger partial charge is 0.339 e. The van der Waals surface area contributed by atoms with Gasteiger partial charge in [-0.3, -0.25) is 0 Å². The van der Waals surface area contributed by atoms with Crippen LogP contribution in [0.4, 0.5) is 0 Å². The van der Waals surface area contributed by atoms with Crippen molar-refractivity contribution in [3.05, 3.63) is 56.5 Å². The van der Waals surface area contributed by atoms with Crippen LogP contribution in [0.5, 0.6) is 11.5 Å². The van der Waals surface area contributed by atoms with Gasteiger partial charge in [0.15, 0.2) is 11.5 Å². The number of halogens is 3. The predicted molar refractivity (Wildman–Crippen MR) is 88.0 cm³/mol. The summed E-state index contributed by atoms with van der Waals surface area (Å²) >= 11 is 17.9. The van der Waals surface area contributed by atoms with Crippen LogP contribution in [0, 0.1) is 0 Å². The molecule has 0 atom stereocenters. The maximum Gasteiger partial charge on any atom is 0.339 e. The van der Waals surface area contributed by atoms with Crippen molar-refractivity contribution in [2.24, 2.45) is 0 Å². The van der Waals surface area contributed by atoms with E-state index in [1.54, 1.807) is 18.2 Å². The molecule has 0 aliphatic carbocycles. The summed E-state index contributed by atoms with van der Waals surface area (Å²) in [4.78, 5) is 12.1. The number of hydrogen-bond acceptors (Lipinski definition) is 4. The lowest BCUT2D eigenvalue weighted by atomic mass is 10.2. The van der Waals surface area contributed by atoms with Crippen LogP contribution in [0.15, 0.2) is 30.3 Å². The van der Waals surface area contributed by atoms with Crippen LogP contribution in [0.3, 0.4) is 0 Å². The fourth-order valence-corrected chi connectivity index (χ4v) is 2.90. The van der Waals surface area contributed by atoms with Crippen molar-refractivity contribution in [3.8, 4) is 11.5 Å². The van der Waals surface area contributed by atoms with Gasteiger partial charge in [-0.05, 0) is 35.9 Å². The molecule has 120 valence electrons. The van der Waals surface area contributed by atoms with E-state index >= 15 is 0 Å². The van der Waals surface area contributed by atoms with Crippen molar-refractivity contribution in [3.63, 3.8) is 0 Å². The molecule has 0 aromatic heterocycles. The quantitative estimate of drug-likeness (QED) is 0.727. The number of esters is 1. The third-order valence-corrected chi connectivity index (χ3v) is 4.01. The predicted octanol–water partition coefficient (Wildman–Crippen LogP) is 4.78. The van der Waals surface area contributed by atoms with Crippen molar-refractivity contribution >= 4 is 40.8 Å². The second kappa shape index (κ2) is 6.87. The summed E-state index contributed by atoms with van der Waals surface area (Å²) in [5.41, 5.74) is 0.942. The lowest BCUT2D eigenvalue weighted by Crippen LogP contribution is -2.16. The van der Waals surface area contributed by atoms with Crippen molar-refractivity contribution in [1.29, 1.82) is 0 Å². The van der Waals surface area contributed by atoms with E-state index in [4.69, 9.17) is 49.0 Å². The molecule has 23 heavy (non-hydrogen) atoms. The van der Waals surface area contributed by atoms with Gasteiger partial charge >= 0.3 is 5.97 Å². The highest BCUT2D eigenvalue weighted by Crippen LogP contribution is 2.38. The normalized spacial score (nSPS) is 12.8. The van der Waals surface area contributed by atoms with Gasteiger partial charge in [0.25, 0.3) is 0 Å². The van der Waals surface area contributed by atoms with Crippen molar-refractivity contribution < 1.29 is 19.0 Å². The van der Waals surface area contributed by atoms with E-state index in [0.29, 0.717) is 40.3 Å². The molecule has 4 nitrogen and oxygen atoms in total. The number of carbonyl (C=O) groups excluding carboxylic acids is 1. The first-order valence-corrected chi connectivity index (χ1v) is 7.88. The third-order valence-electron chi connectivity index (χ3n) is 3.18. The maximum absolute atomic E-state index is 12.1. The van der Waals surface area contributed by atoms with Gasteiger partial charge in [-0.15, -0.1) is 0 Å². The average Bonchev–Trinajstić information content (AvgIpc) is 2.53. The molecule has 2 aromatic rings. The van der Waals surface area contributed by atoms with Gasteiger partial charge in [-0.2, -0.15) is 0 Å². The number of carbonyl (C=O) groups is 1. The summed E-state index contributed by atoms with van der Waals surface area (Å²) in [5, 5.41) is 1.10. The fraction of sp³-hybridized carbons (Fsp3) is 0.188. The molecule has 1 aliphatic heterocycles. The van der Waals surface area contributed by atoms with Crippen LogP contribution < -0.4 is 9.47 Å². The lowest BCUT2D eigenvalue weighted by Gasteiger charge is -2.20. The molecular weight excluding hydrogens is 363 g/mol. The Hall–Kier alpha value is -1.62. The average molecular weight is 374 g/mol. The molecule has 3 rings (SSSR count).